The minimum Gasteiger partial charge on any atom is -0.452 e. The maximum atomic E-state index is 12.8. The minimum atomic E-state index is -3.64. The van der Waals surface area contributed by atoms with Gasteiger partial charge in [-0.2, -0.15) is 13.1 Å². The maximum Gasteiger partial charge on any atom is 0.338 e. The molecule has 0 atom stereocenters. The largest absolute Gasteiger partial charge is 0.452 e. The van der Waals surface area contributed by atoms with E-state index in [4.69, 9.17) is 4.74 Å². The van der Waals surface area contributed by atoms with Crippen molar-refractivity contribution in [3.63, 3.8) is 0 Å². The SMILES string of the molecule is CC1CCN(S(=O)(=O)c2ccc(C(=O)OCC(=O)Nc3ccccc3SC(F)F)cc2)CC1. The molecule has 1 aliphatic heterocycles. The Labute approximate surface area is 195 Å². The van der Waals surface area contributed by atoms with Crippen molar-refractivity contribution in [3.05, 3.63) is 54.1 Å². The van der Waals surface area contributed by atoms with Crippen LogP contribution in [0.1, 0.15) is 30.1 Å². The zero-order chi connectivity index (χ0) is 24.0. The molecule has 0 saturated carbocycles. The smallest absolute Gasteiger partial charge is 0.338 e. The number of rotatable bonds is 8. The molecule has 1 saturated heterocycles. The van der Waals surface area contributed by atoms with Gasteiger partial charge in [-0.3, -0.25) is 4.79 Å². The van der Waals surface area contributed by atoms with Crippen LogP contribution in [-0.4, -0.2) is 50.1 Å². The lowest BCUT2D eigenvalue weighted by molar-refractivity contribution is -0.119. The fourth-order valence-electron chi connectivity index (χ4n) is 3.31. The molecule has 1 amide bonds. The first-order valence-corrected chi connectivity index (χ1v) is 12.6. The van der Waals surface area contributed by atoms with Crippen molar-refractivity contribution in [2.24, 2.45) is 5.92 Å². The van der Waals surface area contributed by atoms with Crippen LogP contribution >= 0.6 is 11.8 Å². The van der Waals surface area contributed by atoms with Gasteiger partial charge in [0.25, 0.3) is 11.7 Å². The van der Waals surface area contributed by atoms with Crippen LogP contribution in [0.5, 0.6) is 0 Å². The Morgan fingerprint density at radius 1 is 1.12 bits per heavy atom. The van der Waals surface area contributed by atoms with E-state index in [1.165, 1.54) is 40.7 Å². The second-order valence-electron chi connectivity index (χ2n) is 7.61. The second-order valence-corrected chi connectivity index (χ2v) is 10.6. The highest BCUT2D eigenvalue weighted by Gasteiger charge is 2.28. The number of benzene rings is 2. The summed E-state index contributed by atoms with van der Waals surface area (Å²) in [5.41, 5.74) is 0.271. The first kappa shape index (κ1) is 25.1. The lowest BCUT2D eigenvalue weighted by Crippen LogP contribution is -2.37. The summed E-state index contributed by atoms with van der Waals surface area (Å²) in [6, 6.07) is 11.4. The van der Waals surface area contributed by atoms with Crippen molar-refractivity contribution < 1.29 is 31.5 Å². The summed E-state index contributed by atoms with van der Waals surface area (Å²) in [5.74, 6) is -3.66. The van der Waals surface area contributed by atoms with Crippen LogP contribution in [0.4, 0.5) is 14.5 Å². The fraction of sp³-hybridized carbons (Fsp3) is 0.364. The summed E-state index contributed by atoms with van der Waals surface area (Å²) in [4.78, 5) is 24.6. The Morgan fingerprint density at radius 2 is 1.76 bits per heavy atom. The number of thioether (sulfide) groups is 1. The quantitative estimate of drug-likeness (QED) is 0.433. The molecule has 1 N–H and O–H groups in total. The molecule has 1 heterocycles. The van der Waals surface area contributed by atoms with Gasteiger partial charge >= 0.3 is 5.97 Å². The third kappa shape index (κ3) is 6.75. The molecule has 0 aliphatic carbocycles. The first-order chi connectivity index (χ1) is 15.7. The van der Waals surface area contributed by atoms with Gasteiger partial charge in [0.05, 0.1) is 16.1 Å². The van der Waals surface area contributed by atoms with Crippen molar-refractivity contribution in [2.75, 3.05) is 25.0 Å². The lowest BCUT2D eigenvalue weighted by Gasteiger charge is -2.29. The van der Waals surface area contributed by atoms with Gasteiger partial charge < -0.3 is 10.1 Å². The number of carbonyl (C=O) groups excluding carboxylic acids is 2. The van der Waals surface area contributed by atoms with Crippen LogP contribution in [0.15, 0.2) is 58.3 Å². The summed E-state index contributed by atoms with van der Waals surface area (Å²) >= 11 is 0.293. The van der Waals surface area contributed by atoms with E-state index in [0.717, 1.165) is 12.8 Å². The fourth-order valence-corrected chi connectivity index (χ4v) is 5.37. The Morgan fingerprint density at radius 3 is 2.39 bits per heavy atom. The maximum absolute atomic E-state index is 12.8. The van der Waals surface area contributed by atoms with Gasteiger partial charge in [-0.1, -0.05) is 30.8 Å². The van der Waals surface area contributed by atoms with Crippen molar-refractivity contribution in [2.45, 2.75) is 35.3 Å². The third-order valence-corrected chi connectivity index (χ3v) is 7.88. The van der Waals surface area contributed by atoms with Gasteiger partial charge in [0.2, 0.25) is 10.0 Å². The lowest BCUT2D eigenvalue weighted by atomic mass is 10.0. The molecule has 0 radical (unpaired) electrons. The van der Waals surface area contributed by atoms with E-state index < -0.39 is 34.3 Å². The molecule has 7 nitrogen and oxygen atoms in total. The van der Waals surface area contributed by atoms with Crippen LogP contribution in [-0.2, 0) is 19.6 Å². The van der Waals surface area contributed by atoms with Crippen LogP contribution in [0.2, 0.25) is 0 Å². The number of halogens is 2. The van der Waals surface area contributed by atoms with Crippen molar-refractivity contribution in [3.8, 4) is 0 Å². The van der Waals surface area contributed by atoms with E-state index in [-0.39, 0.29) is 21.0 Å². The number of carbonyl (C=O) groups is 2. The number of alkyl halides is 2. The van der Waals surface area contributed by atoms with Gasteiger partial charge in [0, 0.05) is 18.0 Å². The molecule has 11 heteroatoms. The standard InChI is InChI=1S/C22H24F2N2O5S2/c1-15-10-12-26(13-11-15)33(29,30)17-8-6-16(7-9-17)21(28)31-14-20(27)25-18-4-2-3-5-19(18)32-22(23)24/h2-9,15,22H,10-14H2,1H3,(H,25,27). The number of nitrogens with zero attached hydrogens (tertiary/aromatic N) is 1. The number of esters is 1. The summed E-state index contributed by atoms with van der Waals surface area (Å²) in [5, 5.41) is 2.44. The van der Waals surface area contributed by atoms with Gasteiger partial charge in [-0.25, -0.2) is 13.2 Å². The zero-order valence-electron chi connectivity index (χ0n) is 17.9. The zero-order valence-corrected chi connectivity index (χ0v) is 19.5. The van der Waals surface area contributed by atoms with Gasteiger partial charge in [-0.05, 0) is 55.2 Å². The first-order valence-electron chi connectivity index (χ1n) is 10.3. The van der Waals surface area contributed by atoms with E-state index in [9.17, 15) is 26.8 Å². The molecule has 3 rings (SSSR count). The van der Waals surface area contributed by atoms with E-state index >= 15 is 0 Å². The van der Waals surface area contributed by atoms with Crippen LogP contribution in [0.25, 0.3) is 0 Å². The van der Waals surface area contributed by atoms with Crippen LogP contribution < -0.4 is 5.32 Å². The number of amides is 1. The van der Waals surface area contributed by atoms with Crippen molar-refractivity contribution in [1.29, 1.82) is 0 Å². The van der Waals surface area contributed by atoms with Crippen molar-refractivity contribution in [1.82, 2.24) is 4.31 Å². The molecule has 2 aromatic rings. The summed E-state index contributed by atoms with van der Waals surface area (Å²) in [7, 11) is -3.64. The van der Waals surface area contributed by atoms with Gasteiger partial charge in [0.15, 0.2) is 6.61 Å². The Balaban J connectivity index is 1.56. The number of ether oxygens (including phenoxy) is 1. The number of nitrogens with one attached hydrogen (secondary N) is 1. The molecular weight excluding hydrogens is 474 g/mol. The molecular formula is C22H24F2N2O5S2. The molecule has 0 aromatic heterocycles. The minimum absolute atomic E-state index is 0.0829. The molecule has 0 unspecified atom stereocenters. The number of hydrogen-bond acceptors (Lipinski definition) is 6. The van der Waals surface area contributed by atoms with Crippen LogP contribution in [0, 0.1) is 5.92 Å². The predicted octanol–water partition coefficient (Wildman–Crippen LogP) is 4.22. The van der Waals surface area contributed by atoms with E-state index in [0.29, 0.717) is 30.8 Å². The number of anilines is 1. The molecule has 1 aliphatic rings. The molecule has 2 aromatic carbocycles. The number of hydrogen-bond donors (Lipinski definition) is 1. The molecule has 1 fully saturated rings. The van der Waals surface area contributed by atoms with E-state index in [2.05, 4.69) is 12.2 Å². The molecule has 178 valence electrons. The van der Waals surface area contributed by atoms with Gasteiger partial charge in [-0.15, -0.1) is 0 Å². The molecule has 0 bridgehead atoms. The highest BCUT2D eigenvalue weighted by molar-refractivity contribution is 7.99. The Bertz CT molecular complexity index is 1090. The normalized spacial score (nSPS) is 15.4. The highest BCUT2D eigenvalue weighted by atomic mass is 32.2. The van der Waals surface area contributed by atoms with E-state index in [1.807, 2.05) is 0 Å². The Hall–Kier alpha value is -2.50. The summed E-state index contributed by atoms with van der Waals surface area (Å²) < 4.78 is 57.2. The molecule has 0 spiro atoms. The third-order valence-electron chi connectivity index (χ3n) is 5.18. The summed E-state index contributed by atoms with van der Waals surface area (Å²) in [6.45, 7) is 2.38. The number of piperidine rings is 1. The summed E-state index contributed by atoms with van der Waals surface area (Å²) in [6.07, 6.45) is 1.61. The number of sulfonamides is 1. The molecule has 33 heavy (non-hydrogen) atoms. The number of para-hydroxylation sites is 1. The second kappa shape index (κ2) is 11.1. The highest BCUT2D eigenvalue weighted by Crippen LogP contribution is 2.31. The monoisotopic (exact) mass is 498 g/mol. The topological polar surface area (TPSA) is 92.8 Å². The average Bonchev–Trinajstić information content (AvgIpc) is 2.79. The average molecular weight is 499 g/mol. The van der Waals surface area contributed by atoms with E-state index in [1.54, 1.807) is 12.1 Å². The van der Waals surface area contributed by atoms with Gasteiger partial charge in [0.1, 0.15) is 0 Å². The van der Waals surface area contributed by atoms with Crippen molar-refractivity contribution >= 4 is 39.3 Å². The van der Waals surface area contributed by atoms with Crippen LogP contribution in [0.3, 0.4) is 0 Å². The predicted molar refractivity (Wildman–Crippen MR) is 121 cm³/mol. The Kier molecular flexibility index (Phi) is 8.44.